The van der Waals surface area contributed by atoms with Crippen LogP contribution in [0, 0.1) is 19.7 Å². The Morgan fingerprint density at radius 3 is 2.73 bits per heavy atom. The maximum Gasteiger partial charge on any atom is 0.257 e. The number of fused-ring (bicyclic) bond motifs is 4. The van der Waals surface area contributed by atoms with Crippen molar-refractivity contribution in [2.45, 2.75) is 46.3 Å². The van der Waals surface area contributed by atoms with Crippen molar-refractivity contribution in [1.82, 2.24) is 9.55 Å². The number of aromatic nitrogens is 2. The second-order valence-electron chi connectivity index (χ2n) is 7.37. The molecule has 5 rings (SSSR count). The van der Waals surface area contributed by atoms with Crippen LogP contribution in [-0.4, -0.2) is 14.7 Å². The number of rotatable bonds is 1. The molecule has 1 aliphatic heterocycles. The van der Waals surface area contributed by atoms with Gasteiger partial charge in [0.1, 0.15) is 5.82 Å². The van der Waals surface area contributed by atoms with Crippen LogP contribution in [-0.2, 0) is 26.0 Å². The van der Waals surface area contributed by atoms with Gasteiger partial charge in [-0.3, -0.25) is 4.79 Å². The molecule has 0 unspecified atom stereocenters. The van der Waals surface area contributed by atoms with E-state index in [4.69, 9.17) is 4.98 Å². The van der Waals surface area contributed by atoms with E-state index < -0.39 is 0 Å². The number of aliphatic hydroxyl groups excluding tert-OH is 1. The molecular weight excluding hydrogens is 331 g/mol. The Balaban J connectivity index is 1.89. The first-order valence-electron chi connectivity index (χ1n) is 8.99. The van der Waals surface area contributed by atoms with Gasteiger partial charge in [-0.05, 0) is 61.4 Å². The topological polar surface area (TPSA) is 55.1 Å². The summed E-state index contributed by atoms with van der Waals surface area (Å²) in [5.41, 5.74) is 7.34. The number of pyridine rings is 2. The van der Waals surface area contributed by atoms with E-state index in [1.807, 2.05) is 19.9 Å². The summed E-state index contributed by atoms with van der Waals surface area (Å²) in [4.78, 5) is 17.6. The van der Waals surface area contributed by atoms with Gasteiger partial charge in [0.05, 0.1) is 30.1 Å². The van der Waals surface area contributed by atoms with Gasteiger partial charge in [-0.25, -0.2) is 9.37 Å². The van der Waals surface area contributed by atoms with Gasteiger partial charge in [-0.2, -0.15) is 0 Å². The van der Waals surface area contributed by atoms with Crippen molar-refractivity contribution in [3.05, 3.63) is 61.7 Å². The van der Waals surface area contributed by atoms with Crippen LogP contribution in [0.3, 0.4) is 0 Å². The molecule has 3 heterocycles. The number of halogens is 1. The minimum Gasteiger partial charge on any atom is -0.391 e. The van der Waals surface area contributed by atoms with Crippen LogP contribution in [0.25, 0.3) is 22.3 Å². The predicted molar refractivity (Wildman–Crippen MR) is 97.9 cm³/mol. The fraction of sp³-hybridized carbons (Fsp3) is 0.333. The molecule has 2 aromatic heterocycles. The molecule has 0 saturated carbocycles. The van der Waals surface area contributed by atoms with E-state index in [9.17, 15) is 14.3 Å². The SMILES string of the molecule is Cc1cc2n(c(=O)c1CO)Cc1c-2nc2cc(F)c(C)c3c2c1CCC3. The van der Waals surface area contributed by atoms with Crippen LogP contribution in [0.4, 0.5) is 4.39 Å². The zero-order valence-electron chi connectivity index (χ0n) is 14.8. The Hall–Kier alpha value is -2.53. The highest BCUT2D eigenvalue weighted by atomic mass is 19.1. The van der Waals surface area contributed by atoms with E-state index in [0.29, 0.717) is 23.2 Å². The molecule has 0 saturated heterocycles. The summed E-state index contributed by atoms with van der Waals surface area (Å²) in [7, 11) is 0. The summed E-state index contributed by atoms with van der Waals surface area (Å²) in [5, 5.41) is 10.6. The summed E-state index contributed by atoms with van der Waals surface area (Å²) in [6.07, 6.45) is 2.78. The highest BCUT2D eigenvalue weighted by molar-refractivity contribution is 5.92. The molecule has 3 aromatic rings. The summed E-state index contributed by atoms with van der Waals surface area (Å²) < 4.78 is 16.1. The van der Waals surface area contributed by atoms with Crippen molar-refractivity contribution in [3.63, 3.8) is 0 Å². The van der Waals surface area contributed by atoms with E-state index in [1.54, 1.807) is 4.57 Å². The van der Waals surface area contributed by atoms with E-state index in [1.165, 1.54) is 11.6 Å². The fourth-order valence-electron chi connectivity index (χ4n) is 4.62. The van der Waals surface area contributed by atoms with Crippen LogP contribution in [0.5, 0.6) is 0 Å². The van der Waals surface area contributed by atoms with Gasteiger partial charge in [0, 0.05) is 22.6 Å². The molecule has 0 radical (unpaired) electrons. The van der Waals surface area contributed by atoms with E-state index >= 15 is 0 Å². The van der Waals surface area contributed by atoms with Crippen LogP contribution >= 0.6 is 0 Å². The van der Waals surface area contributed by atoms with Crippen LogP contribution in [0.2, 0.25) is 0 Å². The van der Waals surface area contributed by atoms with Crippen LogP contribution < -0.4 is 5.56 Å². The molecule has 4 nitrogen and oxygen atoms in total. The van der Waals surface area contributed by atoms with E-state index in [-0.39, 0.29) is 18.0 Å². The van der Waals surface area contributed by atoms with Crippen molar-refractivity contribution in [1.29, 1.82) is 0 Å². The Bertz CT molecular complexity index is 1180. The Labute approximate surface area is 149 Å². The van der Waals surface area contributed by atoms with Crippen LogP contribution in [0.1, 0.15) is 39.8 Å². The first-order chi connectivity index (χ1) is 12.5. The number of aryl methyl sites for hydroxylation is 3. The molecule has 1 aromatic carbocycles. The quantitative estimate of drug-likeness (QED) is 0.574. The summed E-state index contributed by atoms with van der Waals surface area (Å²) >= 11 is 0. The molecule has 0 amide bonds. The number of benzene rings is 1. The van der Waals surface area contributed by atoms with Gasteiger partial charge in [0.15, 0.2) is 0 Å². The lowest BCUT2D eigenvalue weighted by Gasteiger charge is -2.21. The molecule has 0 bridgehead atoms. The minimum absolute atomic E-state index is 0.157. The number of aliphatic hydroxyl groups is 1. The summed E-state index contributed by atoms with van der Waals surface area (Å²) in [6.45, 7) is 3.88. The zero-order valence-corrected chi connectivity index (χ0v) is 14.8. The second-order valence-corrected chi connectivity index (χ2v) is 7.37. The molecule has 132 valence electrons. The summed E-state index contributed by atoms with van der Waals surface area (Å²) in [6, 6.07) is 3.44. The first-order valence-corrected chi connectivity index (χ1v) is 8.99. The third-order valence-electron chi connectivity index (χ3n) is 6.01. The molecule has 0 spiro atoms. The molecule has 5 heteroatoms. The van der Waals surface area contributed by atoms with Crippen molar-refractivity contribution >= 4 is 10.9 Å². The van der Waals surface area contributed by atoms with Crippen molar-refractivity contribution in [2.24, 2.45) is 0 Å². The zero-order chi connectivity index (χ0) is 18.2. The van der Waals surface area contributed by atoms with Gasteiger partial charge in [0.25, 0.3) is 5.56 Å². The average molecular weight is 350 g/mol. The van der Waals surface area contributed by atoms with Gasteiger partial charge in [0.2, 0.25) is 0 Å². The second kappa shape index (κ2) is 5.24. The monoisotopic (exact) mass is 350 g/mol. The molecule has 2 aliphatic rings. The number of nitrogens with zero attached hydrogens (tertiary/aromatic N) is 2. The third kappa shape index (κ3) is 1.86. The lowest BCUT2D eigenvalue weighted by Crippen LogP contribution is -2.24. The normalized spacial score (nSPS) is 14.6. The maximum atomic E-state index is 14.4. The average Bonchev–Trinajstić information content (AvgIpc) is 2.99. The predicted octanol–water partition coefficient (Wildman–Crippen LogP) is 3.16. The molecule has 1 aliphatic carbocycles. The molecule has 0 atom stereocenters. The first kappa shape index (κ1) is 15.7. The summed E-state index contributed by atoms with van der Waals surface area (Å²) in [5.74, 6) is -0.213. The van der Waals surface area contributed by atoms with Crippen molar-refractivity contribution in [2.75, 3.05) is 0 Å². The van der Waals surface area contributed by atoms with Gasteiger partial charge >= 0.3 is 0 Å². The van der Waals surface area contributed by atoms with E-state index in [2.05, 4.69) is 0 Å². The number of hydrogen-bond acceptors (Lipinski definition) is 3. The van der Waals surface area contributed by atoms with Crippen molar-refractivity contribution in [3.8, 4) is 11.4 Å². The molecular formula is C21H19FN2O2. The lowest BCUT2D eigenvalue weighted by molar-refractivity contribution is 0.278. The highest BCUT2D eigenvalue weighted by Crippen LogP contribution is 2.41. The van der Waals surface area contributed by atoms with Crippen molar-refractivity contribution < 1.29 is 9.50 Å². The molecule has 26 heavy (non-hydrogen) atoms. The standard InChI is InChI=1S/C21H19FN2O2/c1-10-6-18-20-14(8-24(18)21(26)15(10)9-25)13-5-3-4-12-11(2)16(22)7-17(23-20)19(12)13/h6-7,25H,3-5,8-9H2,1-2H3. The van der Waals surface area contributed by atoms with Gasteiger partial charge in [-0.1, -0.05) is 0 Å². The Morgan fingerprint density at radius 1 is 1.19 bits per heavy atom. The molecule has 0 fully saturated rings. The van der Waals surface area contributed by atoms with E-state index in [0.717, 1.165) is 52.7 Å². The molecule has 1 N–H and O–H groups in total. The Morgan fingerprint density at radius 2 is 1.96 bits per heavy atom. The Kier molecular flexibility index (Phi) is 3.16. The lowest BCUT2D eigenvalue weighted by atomic mass is 9.85. The third-order valence-corrected chi connectivity index (χ3v) is 6.01. The fourth-order valence-corrected chi connectivity index (χ4v) is 4.62. The maximum absolute atomic E-state index is 14.4. The minimum atomic E-state index is -0.266. The van der Waals surface area contributed by atoms with Crippen LogP contribution in [0.15, 0.2) is 16.9 Å². The van der Waals surface area contributed by atoms with Gasteiger partial charge in [-0.15, -0.1) is 0 Å². The van der Waals surface area contributed by atoms with Gasteiger partial charge < -0.3 is 9.67 Å². The highest BCUT2D eigenvalue weighted by Gasteiger charge is 2.30. The number of hydrogen-bond donors (Lipinski definition) is 1. The largest absolute Gasteiger partial charge is 0.391 e. The smallest absolute Gasteiger partial charge is 0.257 e.